The van der Waals surface area contributed by atoms with Gasteiger partial charge in [0.05, 0.1) is 5.92 Å². The minimum Gasteiger partial charge on any atom is -0.484 e. The van der Waals surface area contributed by atoms with E-state index in [-0.39, 0.29) is 25.4 Å². The summed E-state index contributed by atoms with van der Waals surface area (Å²) >= 11 is 0. The second-order valence-corrected chi connectivity index (χ2v) is 6.29. The Hall–Kier alpha value is -2.25. The fourth-order valence-corrected chi connectivity index (χ4v) is 3.10. The van der Waals surface area contributed by atoms with Gasteiger partial charge in [-0.2, -0.15) is 13.2 Å². The lowest BCUT2D eigenvalue weighted by atomic mass is 9.78. The number of rotatable bonds is 6. The number of benzene rings is 1. The summed E-state index contributed by atoms with van der Waals surface area (Å²) in [5.74, 6) is -3.07. The summed E-state index contributed by atoms with van der Waals surface area (Å²) in [6, 6.07) is 6.18. The van der Waals surface area contributed by atoms with Gasteiger partial charge in [0, 0.05) is 18.2 Å². The third-order valence-corrected chi connectivity index (χ3v) is 4.39. The van der Waals surface area contributed by atoms with E-state index in [0.717, 1.165) is 0 Å². The predicted octanol–water partition coefficient (Wildman–Crippen LogP) is 3.51. The molecule has 1 aromatic rings. The predicted molar refractivity (Wildman–Crippen MR) is 90.8 cm³/mol. The van der Waals surface area contributed by atoms with Gasteiger partial charge in [0.25, 0.3) is 5.91 Å². The number of nitrogens with one attached hydrogen (secondary N) is 2. The summed E-state index contributed by atoms with van der Waals surface area (Å²) in [5, 5.41) is 5.15. The molecule has 5 nitrogen and oxygen atoms in total. The van der Waals surface area contributed by atoms with Gasteiger partial charge in [-0.1, -0.05) is 12.8 Å². The Bertz CT molecular complexity index is 617. The maximum Gasteiger partial charge on any atom is 0.392 e. The smallest absolute Gasteiger partial charge is 0.392 e. The highest BCUT2D eigenvalue weighted by atomic mass is 19.4. The minimum atomic E-state index is -4.36. The minimum absolute atomic E-state index is 0.00577. The summed E-state index contributed by atoms with van der Waals surface area (Å²) in [4.78, 5) is 23.6. The Morgan fingerprint density at radius 2 is 1.81 bits per heavy atom. The molecule has 26 heavy (non-hydrogen) atoms. The highest BCUT2D eigenvalue weighted by Gasteiger charge is 2.48. The molecule has 0 saturated heterocycles. The van der Waals surface area contributed by atoms with Crippen LogP contribution in [0.15, 0.2) is 24.3 Å². The topological polar surface area (TPSA) is 67.4 Å². The molecule has 8 heteroatoms. The highest BCUT2D eigenvalue weighted by molar-refractivity contribution is 5.92. The molecule has 2 unspecified atom stereocenters. The van der Waals surface area contributed by atoms with Crippen LogP contribution in [-0.2, 0) is 9.59 Å². The summed E-state index contributed by atoms with van der Waals surface area (Å²) in [5.41, 5.74) is 0.395. The lowest BCUT2D eigenvalue weighted by molar-refractivity contribution is -0.197. The molecule has 2 amide bonds. The molecule has 2 rings (SSSR count). The Labute approximate surface area is 150 Å². The van der Waals surface area contributed by atoms with E-state index in [1.54, 1.807) is 19.1 Å². The van der Waals surface area contributed by atoms with E-state index in [9.17, 15) is 22.8 Å². The standard InChI is InChI=1S/C18H23F3N2O3/c1-2-22-16(24)11-26-13-9-7-12(8-10-13)23-17(25)14-5-3-4-6-15(14)18(19,20)21/h7-10,14-15H,2-6,11H2,1H3,(H,22,24)(H,23,25). The number of carbonyl (C=O) groups is 2. The van der Waals surface area contributed by atoms with E-state index in [1.807, 2.05) is 0 Å². The van der Waals surface area contributed by atoms with Crippen molar-refractivity contribution in [3.8, 4) is 5.75 Å². The van der Waals surface area contributed by atoms with Crippen molar-refractivity contribution in [1.82, 2.24) is 5.32 Å². The van der Waals surface area contributed by atoms with E-state index in [2.05, 4.69) is 10.6 Å². The van der Waals surface area contributed by atoms with E-state index in [4.69, 9.17) is 4.74 Å². The van der Waals surface area contributed by atoms with Crippen LogP contribution in [0.2, 0.25) is 0 Å². The van der Waals surface area contributed by atoms with Crippen molar-refractivity contribution in [2.45, 2.75) is 38.8 Å². The Balaban J connectivity index is 1.93. The molecular formula is C18H23F3N2O3. The molecule has 2 atom stereocenters. The van der Waals surface area contributed by atoms with E-state index >= 15 is 0 Å². The molecule has 1 aromatic carbocycles. The highest BCUT2D eigenvalue weighted by Crippen LogP contribution is 2.41. The molecule has 1 fully saturated rings. The average molecular weight is 372 g/mol. The van der Waals surface area contributed by atoms with Gasteiger partial charge in [-0.25, -0.2) is 0 Å². The Kier molecular flexibility index (Phi) is 6.88. The second-order valence-electron chi connectivity index (χ2n) is 6.29. The third kappa shape index (κ3) is 5.64. The first-order valence-corrected chi connectivity index (χ1v) is 8.68. The third-order valence-electron chi connectivity index (χ3n) is 4.39. The van der Waals surface area contributed by atoms with Crippen LogP contribution in [0.1, 0.15) is 32.6 Å². The fraction of sp³-hybridized carbons (Fsp3) is 0.556. The first kappa shape index (κ1) is 20.1. The van der Waals surface area contributed by atoms with Crippen molar-refractivity contribution >= 4 is 17.5 Å². The molecule has 1 aliphatic carbocycles. The van der Waals surface area contributed by atoms with Gasteiger partial charge in [0.1, 0.15) is 5.75 Å². The average Bonchev–Trinajstić information content (AvgIpc) is 2.60. The maximum atomic E-state index is 13.1. The largest absolute Gasteiger partial charge is 0.484 e. The van der Waals surface area contributed by atoms with Crippen LogP contribution in [0.5, 0.6) is 5.75 Å². The van der Waals surface area contributed by atoms with Gasteiger partial charge in [-0.05, 0) is 44.0 Å². The number of halogens is 3. The molecule has 0 spiro atoms. The van der Waals surface area contributed by atoms with E-state index in [0.29, 0.717) is 30.8 Å². The van der Waals surface area contributed by atoms with Gasteiger partial charge >= 0.3 is 6.18 Å². The lowest BCUT2D eigenvalue weighted by Gasteiger charge is -2.32. The number of hydrogen-bond acceptors (Lipinski definition) is 3. The molecule has 1 saturated carbocycles. The van der Waals surface area contributed by atoms with Crippen LogP contribution < -0.4 is 15.4 Å². The second kappa shape index (κ2) is 8.91. The molecule has 0 aliphatic heterocycles. The number of amides is 2. The summed E-state index contributed by atoms with van der Waals surface area (Å²) in [6.45, 7) is 2.17. The maximum absolute atomic E-state index is 13.1. The van der Waals surface area contributed by atoms with E-state index < -0.39 is 23.9 Å². The molecule has 144 valence electrons. The van der Waals surface area contributed by atoms with Crippen LogP contribution in [0.4, 0.5) is 18.9 Å². The van der Waals surface area contributed by atoms with E-state index in [1.165, 1.54) is 12.1 Å². The zero-order chi connectivity index (χ0) is 19.2. The van der Waals surface area contributed by atoms with Crippen molar-refractivity contribution in [2.75, 3.05) is 18.5 Å². The number of ether oxygens (including phenoxy) is 1. The van der Waals surface area contributed by atoms with Crippen LogP contribution >= 0.6 is 0 Å². The number of likely N-dealkylation sites (N-methyl/N-ethyl adjacent to an activating group) is 1. The fourth-order valence-electron chi connectivity index (χ4n) is 3.10. The van der Waals surface area contributed by atoms with Gasteiger partial charge in [-0.15, -0.1) is 0 Å². The summed E-state index contributed by atoms with van der Waals surface area (Å²) in [6.07, 6.45) is -3.01. The van der Waals surface area contributed by atoms with Crippen LogP contribution in [0.3, 0.4) is 0 Å². The van der Waals surface area contributed by atoms with Crippen LogP contribution in [-0.4, -0.2) is 31.1 Å². The monoisotopic (exact) mass is 372 g/mol. The van der Waals surface area contributed by atoms with Crippen molar-refractivity contribution < 1.29 is 27.5 Å². The van der Waals surface area contributed by atoms with Crippen molar-refractivity contribution in [2.24, 2.45) is 11.8 Å². The molecule has 0 heterocycles. The quantitative estimate of drug-likeness (QED) is 0.803. The van der Waals surface area contributed by atoms with Crippen LogP contribution in [0.25, 0.3) is 0 Å². The number of hydrogen-bond donors (Lipinski definition) is 2. The van der Waals surface area contributed by atoms with Crippen molar-refractivity contribution in [3.05, 3.63) is 24.3 Å². The summed E-state index contributed by atoms with van der Waals surface area (Å²) in [7, 11) is 0. The van der Waals surface area contributed by atoms with Gasteiger partial charge < -0.3 is 15.4 Å². The van der Waals surface area contributed by atoms with Gasteiger partial charge in [0.2, 0.25) is 5.91 Å². The first-order chi connectivity index (χ1) is 12.3. The number of alkyl halides is 3. The number of carbonyl (C=O) groups excluding carboxylic acids is 2. The molecule has 0 bridgehead atoms. The zero-order valence-corrected chi connectivity index (χ0v) is 14.6. The SMILES string of the molecule is CCNC(=O)COc1ccc(NC(=O)C2CCCCC2C(F)(F)F)cc1. The first-order valence-electron chi connectivity index (χ1n) is 8.68. The van der Waals surface area contributed by atoms with Gasteiger partial charge in [0.15, 0.2) is 6.61 Å². The number of anilines is 1. The molecule has 1 aliphatic rings. The lowest BCUT2D eigenvalue weighted by Crippen LogP contribution is -2.39. The Morgan fingerprint density at radius 1 is 1.15 bits per heavy atom. The molecule has 0 aromatic heterocycles. The summed E-state index contributed by atoms with van der Waals surface area (Å²) < 4.78 is 44.6. The molecule has 0 radical (unpaired) electrons. The van der Waals surface area contributed by atoms with Crippen molar-refractivity contribution in [1.29, 1.82) is 0 Å². The van der Waals surface area contributed by atoms with Crippen molar-refractivity contribution in [3.63, 3.8) is 0 Å². The zero-order valence-electron chi connectivity index (χ0n) is 14.6. The van der Waals surface area contributed by atoms with Gasteiger partial charge in [-0.3, -0.25) is 9.59 Å². The van der Waals surface area contributed by atoms with Crippen LogP contribution in [0, 0.1) is 11.8 Å². The molecular weight excluding hydrogens is 349 g/mol. The normalized spacial score (nSPS) is 20.3. The Morgan fingerprint density at radius 3 is 2.42 bits per heavy atom. The molecule has 2 N–H and O–H groups in total.